The molecule has 1 saturated heterocycles. The van der Waals surface area contributed by atoms with E-state index < -0.39 is 0 Å². The van der Waals surface area contributed by atoms with Gasteiger partial charge in [0, 0.05) is 17.8 Å². The third-order valence-electron chi connectivity index (χ3n) is 3.37. The topological polar surface area (TPSA) is 49.5 Å². The largest absolute Gasteiger partial charge is 0.394 e. The van der Waals surface area contributed by atoms with E-state index in [4.69, 9.17) is 18.0 Å². The Morgan fingerprint density at radius 1 is 1.50 bits per heavy atom. The molecule has 3 N–H and O–H groups in total. The summed E-state index contributed by atoms with van der Waals surface area (Å²) in [6.07, 6.45) is 3.10. The Kier molecular flexibility index (Phi) is 4.14. The van der Waals surface area contributed by atoms with Crippen LogP contribution in [0, 0.1) is 5.82 Å². The average molecular weight is 268 g/mol. The number of aliphatic hydroxyl groups is 1. The standard InChI is InChI=1S/C13H17FN2OS/c14-9-4-5-12(11(7-9)13(15)18)16-6-2-1-3-10(16)8-17/h4-5,7,10,17H,1-3,6,8H2,(H2,15,18). The molecule has 0 aliphatic carbocycles. The molecule has 1 aromatic carbocycles. The van der Waals surface area contributed by atoms with Gasteiger partial charge in [-0.1, -0.05) is 12.2 Å². The Hall–Kier alpha value is -1.20. The zero-order valence-electron chi connectivity index (χ0n) is 10.1. The summed E-state index contributed by atoms with van der Waals surface area (Å²) in [6, 6.07) is 4.52. The molecule has 0 saturated carbocycles. The van der Waals surface area contributed by atoms with Crippen LogP contribution >= 0.6 is 12.2 Å². The number of anilines is 1. The van der Waals surface area contributed by atoms with E-state index in [0.717, 1.165) is 31.5 Å². The van der Waals surface area contributed by atoms with Crippen molar-refractivity contribution < 1.29 is 9.50 Å². The first-order valence-electron chi connectivity index (χ1n) is 6.10. The number of halogens is 1. The first kappa shape index (κ1) is 13.2. The van der Waals surface area contributed by atoms with Crippen LogP contribution in [0.25, 0.3) is 0 Å². The van der Waals surface area contributed by atoms with Crippen LogP contribution in [0.3, 0.4) is 0 Å². The number of nitrogens with zero attached hydrogens (tertiary/aromatic N) is 1. The summed E-state index contributed by atoms with van der Waals surface area (Å²) in [6.45, 7) is 0.931. The molecule has 0 aromatic heterocycles. The molecule has 3 nitrogen and oxygen atoms in total. The maximum absolute atomic E-state index is 13.3. The number of rotatable bonds is 3. The van der Waals surface area contributed by atoms with Gasteiger partial charge in [-0.25, -0.2) is 4.39 Å². The van der Waals surface area contributed by atoms with Gasteiger partial charge in [0.25, 0.3) is 0 Å². The van der Waals surface area contributed by atoms with E-state index in [2.05, 4.69) is 4.90 Å². The molecule has 0 bridgehead atoms. The molecule has 2 rings (SSSR count). The van der Waals surface area contributed by atoms with E-state index in [1.165, 1.54) is 12.1 Å². The Morgan fingerprint density at radius 2 is 2.28 bits per heavy atom. The lowest BCUT2D eigenvalue weighted by Crippen LogP contribution is -2.42. The highest BCUT2D eigenvalue weighted by atomic mass is 32.1. The SMILES string of the molecule is NC(=S)c1cc(F)ccc1N1CCCCC1CO. The van der Waals surface area contributed by atoms with E-state index in [1.54, 1.807) is 6.07 Å². The van der Waals surface area contributed by atoms with Crippen molar-refractivity contribution in [1.82, 2.24) is 0 Å². The van der Waals surface area contributed by atoms with Gasteiger partial charge in [-0.2, -0.15) is 0 Å². The highest BCUT2D eigenvalue weighted by molar-refractivity contribution is 7.80. The molecule has 0 radical (unpaired) electrons. The average Bonchev–Trinajstić information content (AvgIpc) is 2.38. The van der Waals surface area contributed by atoms with Crippen LogP contribution in [-0.4, -0.2) is 29.3 Å². The van der Waals surface area contributed by atoms with Crippen LogP contribution in [0.15, 0.2) is 18.2 Å². The van der Waals surface area contributed by atoms with Crippen molar-refractivity contribution in [3.05, 3.63) is 29.6 Å². The molecule has 1 fully saturated rings. The Bertz CT molecular complexity index is 453. The Labute approximate surface area is 111 Å². The molecule has 98 valence electrons. The van der Waals surface area contributed by atoms with Gasteiger partial charge >= 0.3 is 0 Å². The maximum atomic E-state index is 13.3. The lowest BCUT2D eigenvalue weighted by Gasteiger charge is -2.37. The summed E-state index contributed by atoms with van der Waals surface area (Å²) in [5.74, 6) is -0.348. The van der Waals surface area contributed by atoms with Crippen LogP contribution in [0.2, 0.25) is 0 Å². The molecule has 1 unspecified atom stereocenters. The van der Waals surface area contributed by atoms with Gasteiger partial charge < -0.3 is 15.7 Å². The first-order chi connectivity index (χ1) is 8.63. The second-order valence-corrected chi connectivity index (χ2v) is 4.99. The number of thiocarbonyl (C=S) groups is 1. The minimum atomic E-state index is -0.348. The smallest absolute Gasteiger partial charge is 0.124 e. The number of piperidine rings is 1. The minimum Gasteiger partial charge on any atom is -0.394 e. The van der Waals surface area contributed by atoms with E-state index in [1.807, 2.05) is 0 Å². The van der Waals surface area contributed by atoms with E-state index in [0.29, 0.717) is 5.56 Å². The summed E-state index contributed by atoms with van der Waals surface area (Å²) >= 11 is 4.98. The van der Waals surface area contributed by atoms with Gasteiger partial charge in [0.1, 0.15) is 10.8 Å². The van der Waals surface area contributed by atoms with Crippen molar-refractivity contribution in [3.8, 4) is 0 Å². The van der Waals surface area contributed by atoms with Gasteiger partial charge in [-0.15, -0.1) is 0 Å². The summed E-state index contributed by atoms with van der Waals surface area (Å²) in [5, 5.41) is 9.43. The van der Waals surface area contributed by atoms with Crippen LogP contribution in [0.4, 0.5) is 10.1 Å². The molecule has 1 aliphatic rings. The molecule has 0 spiro atoms. The van der Waals surface area contributed by atoms with Crippen molar-refractivity contribution in [2.45, 2.75) is 25.3 Å². The van der Waals surface area contributed by atoms with Crippen LogP contribution in [0.1, 0.15) is 24.8 Å². The van der Waals surface area contributed by atoms with Crippen molar-refractivity contribution in [2.24, 2.45) is 5.73 Å². The maximum Gasteiger partial charge on any atom is 0.124 e. The van der Waals surface area contributed by atoms with Crippen molar-refractivity contribution in [1.29, 1.82) is 0 Å². The molecule has 1 atom stereocenters. The normalized spacial score (nSPS) is 19.9. The molecule has 18 heavy (non-hydrogen) atoms. The summed E-state index contributed by atoms with van der Waals surface area (Å²) in [7, 11) is 0. The number of nitrogens with two attached hydrogens (primary N) is 1. The quantitative estimate of drug-likeness (QED) is 0.821. The van der Waals surface area contributed by atoms with Crippen molar-refractivity contribution in [3.63, 3.8) is 0 Å². The summed E-state index contributed by atoms with van der Waals surface area (Å²) < 4.78 is 13.3. The number of benzene rings is 1. The summed E-state index contributed by atoms with van der Waals surface area (Å²) in [5.41, 5.74) is 7.02. The number of hydrogen-bond acceptors (Lipinski definition) is 3. The molecule has 1 aromatic rings. The van der Waals surface area contributed by atoms with Crippen molar-refractivity contribution >= 4 is 22.9 Å². The Balaban J connectivity index is 2.39. The van der Waals surface area contributed by atoms with Gasteiger partial charge in [0.05, 0.1) is 12.6 Å². The lowest BCUT2D eigenvalue weighted by molar-refractivity contribution is 0.240. The molecule has 1 aliphatic heterocycles. The lowest BCUT2D eigenvalue weighted by atomic mass is 10.00. The predicted octanol–water partition coefficient (Wildman–Crippen LogP) is 1.81. The van der Waals surface area contributed by atoms with E-state index in [-0.39, 0.29) is 23.5 Å². The van der Waals surface area contributed by atoms with Gasteiger partial charge in [-0.3, -0.25) is 0 Å². The highest BCUT2D eigenvalue weighted by Crippen LogP contribution is 2.28. The zero-order chi connectivity index (χ0) is 13.1. The Morgan fingerprint density at radius 3 is 2.94 bits per heavy atom. The molecule has 1 heterocycles. The molecular formula is C13H17FN2OS. The number of aliphatic hydroxyl groups excluding tert-OH is 1. The van der Waals surface area contributed by atoms with Crippen LogP contribution in [0.5, 0.6) is 0 Å². The third-order valence-corrected chi connectivity index (χ3v) is 3.59. The second-order valence-electron chi connectivity index (χ2n) is 4.55. The summed E-state index contributed by atoms with van der Waals surface area (Å²) in [4.78, 5) is 2.27. The molecule has 5 heteroatoms. The van der Waals surface area contributed by atoms with Crippen LogP contribution in [-0.2, 0) is 0 Å². The highest BCUT2D eigenvalue weighted by Gasteiger charge is 2.24. The second kappa shape index (κ2) is 5.63. The van der Waals surface area contributed by atoms with Gasteiger partial charge in [0.15, 0.2) is 0 Å². The molecular weight excluding hydrogens is 251 g/mol. The monoisotopic (exact) mass is 268 g/mol. The fourth-order valence-electron chi connectivity index (χ4n) is 2.46. The fraction of sp³-hybridized carbons (Fsp3) is 0.462. The molecule has 0 amide bonds. The van der Waals surface area contributed by atoms with E-state index in [9.17, 15) is 9.50 Å². The first-order valence-corrected chi connectivity index (χ1v) is 6.51. The van der Waals surface area contributed by atoms with Crippen molar-refractivity contribution in [2.75, 3.05) is 18.1 Å². The van der Waals surface area contributed by atoms with Gasteiger partial charge in [0.2, 0.25) is 0 Å². The fourth-order valence-corrected chi connectivity index (χ4v) is 2.63. The third kappa shape index (κ3) is 2.62. The number of hydrogen-bond donors (Lipinski definition) is 2. The zero-order valence-corrected chi connectivity index (χ0v) is 10.9. The predicted molar refractivity (Wildman–Crippen MR) is 74.4 cm³/mol. The van der Waals surface area contributed by atoms with E-state index >= 15 is 0 Å². The van der Waals surface area contributed by atoms with Crippen LogP contribution < -0.4 is 10.6 Å². The van der Waals surface area contributed by atoms with Gasteiger partial charge in [-0.05, 0) is 37.5 Å². The minimum absolute atomic E-state index is 0.0670.